The average molecular weight is 213 g/mol. The van der Waals surface area contributed by atoms with Gasteiger partial charge >= 0.3 is 0 Å². The monoisotopic (exact) mass is 213 g/mol. The average Bonchev–Trinajstić information content (AvgIpc) is 2.08. The lowest BCUT2D eigenvalue weighted by atomic mass is 10.0. The molecule has 0 spiro atoms. The minimum Gasteiger partial charge on any atom is -0.298 e. The van der Waals surface area contributed by atoms with E-state index in [0.29, 0.717) is 0 Å². The van der Waals surface area contributed by atoms with Gasteiger partial charge in [-0.3, -0.25) is 9.69 Å². The lowest BCUT2D eigenvalue weighted by molar-refractivity contribution is -0.121. The van der Waals surface area contributed by atoms with Crippen LogP contribution in [-0.4, -0.2) is 24.8 Å². The maximum Gasteiger partial charge on any atom is 0.151 e. The number of likely N-dealkylation sites (N-methyl/N-ethyl adjacent to an activating group) is 1. The number of hydrogen-bond donors (Lipinski definition) is 0. The molecule has 0 N–H and O–H groups in total. The molecule has 0 saturated heterocycles. The Morgan fingerprint density at radius 3 is 2.33 bits per heavy atom. The summed E-state index contributed by atoms with van der Waals surface area (Å²) >= 11 is 0. The van der Waals surface area contributed by atoms with Gasteiger partial charge in [0.05, 0.1) is 6.04 Å². The smallest absolute Gasteiger partial charge is 0.151 e. The van der Waals surface area contributed by atoms with Crippen LogP contribution >= 0.6 is 0 Å². The molecule has 1 unspecified atom stereocenters. The zero-order chi connectivity index (χ0) is 11.6. The molecule has 82 valence electrons. The minimum absolute atomic E-state index is 0.175. The second-order valence-corrected chi connectivity index (χ2v) is 3.64. The molecule has 0 radical (unpaired) electrons. The van der Waals surface area contributed by atoms with Crippen LogP contribution in [0.2, 0.25) is 0 Å². The number of carbonyl (C=O) groups excluding carboxylic acids is 1. The number of benzene rings is 1. The number of nitrogens with zero attached hydrogens (tertiary/aromatic N) is 1. The Bertz CT molecular complexity index is 377. The molecule has 0 heterocycles. The first kappa shape index (κ1) is 11.8. The lowest BCUT2D eigenvalue weighted by Crippen LogP contribution is -2.26. The van der Waals surface area contributed by atoms with Gasteiger partial charge in [0.15, 0.2) is 5.78 Å². The van der Waals surface area contributed by atoms with Crippen molar-refractivity contribution in [2.45, 2.75) is 13.0 Å². The first-order chi connectivity index (χ1) is 6.93. The zero-order valence-corrected chi connectivity index (χ0v) is 8.92. The Morgan fingerprint density at radius 2 is 1.93 bits per heavy atom. The van der Waals surface area contributed by atoms with Gasteiger partial charge in [-0.1, -0.05) is 6.07 Å². The molecule has 0 bridgehead atoms. The van der Waals surface area contributed by atoms with Crippen LogP contribution in [0.5, 0.6) is 0 Å². The Kier molecular flexibility index (Phi) is 3.52. The summed E-state index contributed by atoms with van der Waals surface area (Å²) in [6, 6.07) is 2.58. The Hall–Kier alpha value is -1.29. The van der Waals surface area contributed by atoms with Crippen LogP contribution in [0.25, 0.3) is 0 Å². The van der Waals surface area contributed by atoms with Crippen LogP contribution in [0.3, 0.4) is 0 Å². The number of Topliss-reactive ketones (excluding diaryl/α,β-unsaturated/α-hetero) is 1. The van der Waals surface area contributed by atoms with Gasteiger partial charge < -0.3 is 0 Å². The second-order valence-electron chi connectivity index (χ2n) is 3.64. The molecule has 4 heteroatoms. The molecule has 0 saturated carbocycles. The molecular weight excluding hydrogens is 200 g/mol. The summed E-state index contributed by atoms with van der Waals surface area (Å²) in [4.78, 5) is 12.9. The van der Waals surface area contributed by atoms with Crippen molar-refractivity contribution >= 4 is 5.78 Å². The fourth-order valence-corrected chi connectivity index (χ4v) is 1.58. The first-order valence-electron chi connectivity index (χ1n) is 4.55. The maximum atomic E-state index is 13.4. The van der Waals surface area contributed by atoms with Crippen LogP contribution in [-0.2, 0) is 4.79 Å². The van der Waals surface area contributed by atoms with Gasteiger partial charge in [-0.2, -0.15) is 0 Å². The Balaban J connectivity index is 3.17. The van der Waals surface area contributed by atoms with Crippen molar-refractivity contribution in [3.8, 4) is 0 Å². The normalized spacial score (nSPS) is 12.9. The summed E-state index contributed by atoms with van der Waals surface area (Å²) in [5, 5.41) is 0. The van der Waals surface area contributed by atoms with Crippen LogP contribution < -0.4 is 0 Å². The predicted molar refractivity (Wildman–Crippen MR) is 53.5 cm³/mol. The van der Waals surface area contributed by atoms with Crippen molar-refractivity contribution in [1.82, 2.24) is 4.90 Å². The van der Waals surface area contributed by atoms with Gasteiger partial charge in [0.2, 0.25) is 0 Å². The maximum absolute atomic E-state index is 13.4. The third-order valence-corrected chi connectivity index (χ3v) is 2.16. The molecule has 0 aromatic heterocycles. The molecule has 1 rings (SSSR count). The summed E-state index contributed by atoms with van der Waals surface area (Å²) in [6.07, 6.45) is 0. The van der Waals surface area contributed by atoms with E-state index in [1.54, 1.807) is 19.0 Å². The third kappa shape index (κ3) is 2.59. The van der Waals surface area contributed by atoms with Crippen molar-refractivity contribution in [2.75, 3.05) is 14.1 Å². The number of halogens is 2. The predicted octanol–water partition coefficient (Wildman–Crippen LogP) is 2.16. The second kappa shape index (κ2) is 4.49. The lowest BCUT2D eigenvalue weighted by Gasteiger charge is -2.22. The van der Waals surface area contributed by atoms with E-state index in [9.17, 15) is 13.6 Å². The fraction of sp³-hybridized carbons (Fsp3) is 0.364. The third-order valence-electron chi connectivity index (χ3n) is 2.16. The standard InChI is InChI=1S/C11H13F2NO/c1-7(15)11(14(2)3)9-5-4-8(12)6-10(9)13/h4-6,11H,1-3H3. The fourth-order valence-electron chi connectivity index (χ4n) is 1.58. The van der Waals surface area contributed by atoms with Gasteiger partial charge in [0.1, 0.15) is 11.6 Å². The quantitative estimate of drug-likeness (QED) is 0.766. The number of carbonyl (C=O) groups is 1. The summed E-state index contributed by atoms with van der Waals surface area (Å²) in [5.74, 6) is -1.51. The van der Waals surface area contributed by atoms with E-state index in [4.69, 9.17) is 0 Å². The molecule has 0 amide bonds. The summed E-state index contributed by atoms with van der Waals surface area (Å²) in [7, 11) is 3.35. The summed E-state index contributed by atoms with van der Waals surface area (Å²) in [5.41, 5.74) is 0.203. The molecule has 15 heavy (non-hydrogen) atoms. The number of ketones is 1. The van der Waals surface area contributed by atoms with Gasteiger partial charge in [-0.15, -0.1) is 0 Å². The molecular formula is C11H13F2NO. The molecule has 0 aliphatic carbocycles. The van der Waals surface area contributed by atoms with E-state index in [-0.39, 0.29) is 11.3 Å². The van der Waals surface area contributed by atoms with E-state index in [1.165, 1.54) is 13.0 Å². The SMILES string of the molecule is CC(=O)C(c1ccc(F)cc1F)N(C)C. The number of hydrogen-bond acceptors (Lipinski definition) is 2. The van der Waals surface area contributed by atoms with Gasteiger partial charge in [-0.25, -0.2) is 8.78 Å². The minimum atomic E-state index is -0.691. The van der Waals surface area contributed by atoms with Gasteiger partial charge in [0.25, 0.3) is 0 Å². The highest BCUT2D eigenvalue weighted by molar-refractivity contribution is 5.82. The zero-order valence-electron chi connectivity index (χ0n) is 8.92. The van der Waals surface area contributed by atoms with E-state index < -0.39 is 17.7 Å². The molecule has 1 aromatic carbocycles. The highest BCUT2D eigenvalue weighted by atomic mass is 19.1. The molecule has 0 fully saturated rings. The van der Waals surface area contributed by atoms with Gasteiger partial charge in [-0.05, 0) is 27.1 Å². The first-order valence-corrected chi connectivity index (χ1v) is 4.55. The Morgan fingerprint density at radius 1 is 1.33 bits per heavy atom. The molecule has 2 nitrogen and oxygen atoms in total. The van der Waals surface area contributed by atoms with Crippen molar-refractivity contribution in [3.63, 3.8) is 0 Å². The molecule has 1 atom stereocenters. The largest absolute Gasteiger partial charge is 0.298 e. The van der Waals surface area contributed by atoms with Crippen LogP contribution in [0.1, 0.15) is 18.5 Å². The van der Waals surface area contributed by atoms with Crippen molar-refractivity contribution in [1.29, 1.82) is 0 Å². The Labute approximate surface area is 87.5 Å². The molecule has 1 aromatic rings. The van der Waals surface area contributed by atoms with Crippen LogP contribution in [0, 0.1) is 11.6 Å². The molecule has 0 aliphatic rings. The topological polar surface area (TPSA) is 20.3 Å². The van der Waals surface area contributed by atoms with Gasteiger partial charge in [0, 0.05) is 11.6 Å². The van der Waals surface area contributed by atoms with Crippen molar-refractivity contribution in [2.24, 2.45) is 0 Å². The highest BCUT2D eigenvalue weighted by Gasteiger charge is 2.22. The van der Waals surface area contributed by atoms with Crippen molar-refractivity contribution in [3.05, 3.63) is 35.4 Å². The van der Waals surface area contributed by atoms with Crippen molar-refractivity contribution < 1.29 is 13.6 Å². The summed E-state index contributed by atoms with van der Waals surface area (Å²) < 4.78 is 26.1. The van der Waals surface area contributed by atoms with Crippen LogP contribution in [0.4, 0.5) is 8.78 Å². The summed E-state index contributed by atoms with van der Waals surface area (Å²) in [6.45, 7) is 1.38. The molecule has 0 aliphatic heterocycles. The van der Waals surface area contributed by atoms with E-state index in [1.807, 2.05) is 0 Å². The van der Waals surface area contributed by atoms with Crippen LogP contribution in [0.15, 0.2) is 18.2 Å². The van der Waals surface area contributed by atoms with E-state index >= 15 is 0 Å². The van der Waals surface area contributed by atoms with E-state index in [0.717, 1.165) is 12.1 Å². The highest BCUT2D eigenvalue weighted by Crippen LogP contribution is 2.22. The number of rotatable bonds is 3. The van der Waals surface area contributed by atoms with E-state index in [2.05, 4.69) is 0 Å².